The molecule has 0 saturated heterocycles. The first kappa shape index (κ1) is 14.5. The summed E-state index contributed by atoms with van der Waals surface area (Å²) in [5.41, 5.74) is 4.93. The monoisotopic (exact) mass is 267 g/mol. The van der Waals surface area contributed by atoms with Crippen LogP contribution in [0.5, 0.6) is 0 Å². The molecule has 0 amide bonds. The van der Waals surface area contributed by atoms with Crippen LogP contribution in [0.2, 0.25) is 25.7 Å². The van der Waals surface area contributed by atoms with Crippen LogP contribution in [0, 0.1) is 12.0 Å². The van der Waals surface area contributed by atoms with Crippen molar-refractivity contribution in [2.75, 3.05) is 0 Å². The standard InChI is InChI=1S/C14H23Si.Ti/c1-11-9-12(10-15(2,3)4)14-8-6-5-7-13(11)14;/h12H,5-8,10H2,1-4H3;/q-1;. The third-order valence-electron chi connectivity index (χ3n) is 3.59. The number of rotatable bonds is 2. The molecule has 1 unspecified atom stereocenters. The first-order valence-electron chi connectivity index (χ1n) is 6.30. The summed E-state index contributed by atoms with van der Waals surface area (Å²) in [6, 6.07) is 1.41. The minimum absolute atomic E-state index is 0. The van der Waals surface area contributed by atoms with Gasteiger partial charge < -0.3 is 0 Å². The molecule has 2 rings (SSSR count). The normalized spacial score (nSPS) is 25.0. The Morgan fingerprint density at radius 1 is 1.19 bits per heavy atom. The first-order chi connectivity index (χ1) is 6.97. The fourth-order valence-electron chi connectivity index (χ4n) is 2.96. The van der Waals surface area contributed by atoms with E-state index in [0.29, 0.717) is 5.92 Å². The van der Waals surface area contributed by atoms with Gasteiger partial charge >= 0.3 is 0 Å². The van der Waals surface area contributed by atoms with Gasteiger partial charge in [-0.05, 0) is 6.42 Å². The molecule has 16 heavy (non-hydrogen) atoms. The summed E-state index contributed by atoms with van der Waals surface area (Å²) in [5, 5.41) is 0. The molecule has 0 bridgehead atoms. The van der Waals surface area contributed by atoms with Crippen LogP contribution < -0.4 is 0 Å². The van der Waals surface area contributed by atoms with Crippen LogP contribution in [-0.2, 0) is 21.7 Å². The fraction of sp³-hybridized carbons (Fsp3) is 0.714. The zero-order valence-corrected chi connectivity index (χ0v) is 13.7. The molecule has 2 heteroatoms. The van der Waals surface area contributed by atoms with Crippen molar-refractivity contribution in [3.05, 3.63) is 22.8 Å². The van der Waals surface area contributed by atoms with Gasteiger partial charge in [-0.1, -0.05) is 57.8 Å². The summed E-state index contributed by atoms with van der Waals surface area (Å²) in [6.45, 7) is 9.70. The molecular weight excluding hydrogens is 244 g/mol. The van der Waals surface area contributed by atoms with Crippen molar-refractivity contribution in [2.24, 2.45) is 5.92 Å². The summed E-state index contributed by atoms with van der Waals surface area (Å²) >= 11 is 0. The molecule has 88 valence electrons. The van der Waals surface area contributed by atoms with Crippen LogP contribution >= 0.6 is 0 Å². The van der Waals surface area contributed by atoms with E-state index in [1.807, 2.05) is 0 Å². The summed E-state index contributed by atoms with van der Waals surface area (Å²) < 4.78 is 0. The van der Waals surface area contributed by atoms with E-state index in [4.69, 9.17) is 0 Å². The average molecular weight is 267 g/mol. The molecular formula is C14H23SiTi-. The van der Waals surface area contributed by atoms with Gasteiger partial charge in [0.15, 0.2) is 0 Å². The fourth-order valence-corrected chi connectivity index (χ4v) is 4.54. The van der Waals surface area contributed by atoms with Gasteiger partial charge in [-0.25, -0.2) is 5.57 Å². The van der Waals surface area contributed by atoms with E-state index in [0.717, 1.165) is 0 Å². The maximum absolute atomic E-state index is 3.73. The van der Waals surface area contributed by atoms with E-state index < -0.39 is 8.07 Å². The maximum Gasteiger partial charge on any atom is 0.0436 e. The molecule has 0 aromatic heterocycles. The van der Waals surface area contributed by atoms with Gasteiger partial charge in [-0.2, -0.15) is 11.1 Å². The first-order valence-corrected chi connectivity index (χ1v) is 10.0. The Morgan fingerprint density at radius 2 is 1.81 bits per heavy atom. The Kier molecular flexibility index (Phi) is 4.86. The van der Waals surface area contributed by atoms with Crippen LogP contribution in [0.25, 0.3) is 0 Å². The van der Waals surface area contributed by atoms with Gasteiger partial charge in [0, 0.05) is 29.8 Å². The van der Waals surface area contributed by atoms with Gasteiger partial charge in [-0.3, -0.25) is 6.08 Å². The molecule has 0 radical (unpaired) electrons. The van der Waals surface area contributed by atoms with Crippen LogP contribution in [-0.4, -0.2) is 8.07 Å². The van der Waals surface area contributed by atoms with Crippen molar-refractivity contribution < 1.29 is 21.7 Å². The summed E-state index contributed by atoms with van der Waals surface area (Å²) in [6.07, 6.45) is 9.23. The second-order valence-electron chi connectivity index (χ2n) is 6.30. The quantitative estimate of drug-likeness (QED) is 0.508. The summed E-state index contributed by atoms with van der Waals surface area (Å²) in [7, 11) is -0.938. The Balaban J connectivity index is 0.00000128. The molecule has 1 atom stereocenters. The Morgan fingerprint density at radius 3 is 2.44 bits per heavy atom. The predicted octanol–water partition coefficient (Wildman–Crippen LogP) is 4.57. The minimum atomic E-state index is -0.938. The van der Waals surface area contributed by atoms with Crippen LogP contribution in [0.3, 0.4) is 0 Å². The van der Waals surface area contributed by atoms with Gasteiger partial charge in [-0.15, -0.1) is 0 Å². The Bertz CT molecular complexity index is 320. The van der Waals surface area contributed by atoms with Crippen molar-refractivity contribution in [1.29, 1.82) is 0 Å². The van der Waals surface area contributed by atoms with Crippen molar-refractivity contribution >= 4 is 8.07 Å². The van der Waals surface area contributed by atoms with Gasteiger partial charge in [0.2, 0.25) is 0 Å². The third kappa shape index (κ3) is 3.21. The molecule has 0 aliphatic heterocycles. The number of hydrogen-bond acceptors (Lipinski definition) is 0. The zero-order chi connectivity index (χ0) is 11.1. The molecule has 0 nitrogen and oxygen atoms in total. The third-order valence-corrected chi connectivity index (χ3v) is 5.22. The molecule has 0 heterocycles. The van der Waals surface area contributed by atoms with E-state index in [1.165, 1.54) is 37.3 Å². The smallest absolute Gasteiger partial charge is 0.0436 e. The van der Waals surface area contributed by atoms with Crippen molar-refractivity contribution in [2.45, 2.75) is 58.3 Å². The van der Waals surface area contributed by atoms with Gasteiger partial charge in [0.1, 0.15) is 0 Å². The zero-order valence-electron chi connectivity index (χ0n) is 11.1. The SMILES string of the molecule is CC1=[C-]C(C[Si](C)(C)C)C2=C1CCCC2.[Ti]. The molecule has 0 aromatic rings. The molecule has 0 saturated carbocycles. The van der Waals surface area contributed by atoms with E-state index in [9.17, 15) is 0 Å². The Hall–Kier alpha value is 0.411. The largest absolute Gasteiger partial charge is 0.266 e. The maximum atomic E-state index is 3.73. The predicted molar refractivity (Wildman–Crippen MR) is 69.6 cm³/mol. The molecule has 0 N–H and O–H groups in total. The van der Waals surface area contributed by atoms with E-state index in [1.54, 1.807) is 11.1 Å². The van der Waals surface area contributed by atoms with Crippen molar-refractivity contribution in [3.8, 4) is 0 Å². The van der Waals surface area contributed by atoms with Crippen LogP contribution in [0.15, 0.2) is 16.7 Å². The topological polar surface area (TPSA) is 0 Å². The van der Waals surface area contributed by atoms with Gasteiger partial charge in [0.05, 0.1) is 0 Å². The molecule has 0 aromatic carbocycles. The van der Waals surface area contributed by atoms with Crippen molar-refractivity contribution in [3.63, 3.8) is 0 Å². The molecule has 0 spiro atoms. The van der Waals surface area contributed by atoms with Crippen LogP contribution in [0.4, 0.5) is 0 Å². The molecule has 0 fully saturated rings. The average Bonchev–Trinajstić information content (AvgIpc) is 2.42. The van der Waals surface area contributed by atoms with Crippen LogP contribution in [0.1, 0.15) is 32.6 Å². The summed E-state index contributed by atoms with van der Waals surface area (Å²) in [4.78, 5) is 0. The van der Waals surface area contributed by atoms with Gasteiger partial charge in [0.25, 0.3) is 0 Å². The number of allylic oxidation sites excluding steroid dienone is 4. The molecule has 2 aliphatic carbocycles. The van der Waals surface area contributed by atoms with E-state index >= 15 is 0 Å². The van der Waals surface area contributed by atoms with Crippen molar-refractivity contribution in [1.82, 2.24) is 0 Å². The Labute approximate surface area is 116 Å². The minimum Gasteiger partial charge on any atom is -0.266 e. The molecule has 2 aliphatic rings. The second-order valence-corrected chi connectivity index (χ2v) is 11.8. The van der Waals surface area contributed by atoms with E-state index in [2.05, 4.69) is 32.6 Å². The number of hydrogen-bond donors (Lipinski definition) is 0. The van der Waals surface area contributed by atoms with E-state index in [-0.39, 0.29) is 21.7 Å². The second kappa shape index (κ2) is 5.37. The summed E-state index contributed by atoms with van der Waals surface area (Å²) in [5.74, 6) is 0.701.